The van der Waals surface area contributed by atoms with Crippen molar-refractivity contribution in [2.24, 2.45) is 5.73 Å². The maximum atomic E-state index is 6.10. The Morgan fingerprint density at radius 1 is 0.875 bits per heavy atom. The molecule has 2 rings (SSSR count). The first-order valence-electron chi connectivity index (χ1n) is 8.10. The summed E-state index contributed by atoms with van der Waals surface area (Å²) in [5, 5.41) is 0. The first-order valence-corrected chi connectivity index (χ1v) is 8.10. The monoisotopic (exact) mass is 329 g/mol. The molecule has 0 saturated carbocycles. The first kappa shape index (κ1) is 18.1. The lowest BCUT2D eigenvalue weighted by Gasteiger charge is -2.21. The van der Waals surface area contributed by atoms with Gasteiger partial charge in [0, 0.05) is 5.92 Å². The molecule has 130 valence electrons. The highest BCUT2D eigenvalue weighted by Crippen LogP contribution is 2.34. The summed E-state index contributed by atoms with van der Waals surface area (Å²) in [7, 11) is 5.05. The number of nitrogens with two attached hydrogens (primary N) is 1. The topological polar surface area (TPSA) is 53.7 Å². The third-order valence-electron chi connectivity index (χ3n) is 4.52. The summed E-state index contributed by atoms with van der Waals surface area (Å²) < 4.78 is 16.4. The molecular formula is C20H27NO3. The number of methoxy groups -OCH3 is 3. The quantitative estimate of drug-likeness (QED) is 0.843. The van der Waals surface area contributed by atoms with E-state index >= 15 is 0 Å². The minimum absolute atomic E-state index is 0.139. The fourth-order valence-electron chi connectivity index (χ4n) is 2.93. The van der Waals surface area contributed by atoms with Gasteiger partial charge in [-0.15, -0.1) is 0 Å². The molecule has 1 unspecified atom stereocenters. The average molecular weight is 329 g/mol. The minimum atomic E-state index is 0.139. The molecule has 0 spiro atoms. The molecule has 2 aromatic rings. The Morgan fingerprint density at radius 3 is 2.12 bits per heavy atom. The zero-order chi connectivity index (χ0) is 17.7. The second-order valence-electron chi connectivity index (χ2n) is 5.99. The molecule has 24 heavy (non-hydrogen) atoms. The van der Waals surface area contributed by atoms with Crippen molar-refractivity contribution in [2.75, 3.05) is 27.9 Å². The number of rotatable bonds is 7. The number of hydrogen-bond acceptors (Lipinski definition) is 4. The predicted octanol–water partition coefficient (Wildman–Crippen LogP) is 3.61. The van der Waals surface area contributed by atoms with Gasteiger partial charge in [0.25, 0.3) is 0 Å². The summed E-state index contributed by atoms with van der Waals surface area (Å²) in [5.74, 6) is 2.68. The molecule has 0 radical (unpaired) electrons. The van der Waals surface area contributed by atoms with Gasteiger partial charge in [-0.05, 0) is 73.3 Å². The van der Waals surface area contributed by atoms with Crippen LogP contribution in [-0.2, 0) is 6.42 Å². The highest BCUT2D eigenvalue weighted by Gasteiger charge is 2.19. The second-order valence-corrected chi connectivity index (χ2v) is 5.99. The molecule has 0 amide bonds. The summed E-state index contributed by atoms with van der Waals surface area (Å²) in [6, 6.07) is 10.1. The third kappa shape index (κ3) is 3.82. The zero-order valence-corrected chi connectivity index (χ0v) is 15.2. The van der Waals surface area contributed by atoms with E-state index in [0.717, 1.165) is 34.8 Å². The van der Waals surface area contributed by atoms with Crippen LogP contribution in [0.1, 0.15) is 28.2 Å². The molecule has 2 N–H and O–H groups in total. The molecule has 0 saturated heterocycles. The van der Waals surface area contributed by atoms with E-state index in [2.05, 4.69) is 26.0 Å². The minimum Gasteiger partial charge on any atom is -0.497 e. The third-order valence-corrected chi connectivity index (χ3v) is 4.52. The van der Waals surface area contributed by atoms with Crippen molar-refractivity contribution in [3.05, 3.63) is 52.6 Å². The summed E-state index contributed by atoms with van der Waals surface area (Å²) in [6.07, 6.45) is 0.760. The van der Waals surface area contributed by atoms with Crippen LogP contribution >= 0.6 is 0 Å². The molecule has 0 bridgehead atoms. The van der Waals surface area contributed by atoms with Gasteiger partial charge in [-0.2, -0.15) is 0 Å². The van der Waals surface area contributed by atoms with Crippen LogP contribution in [0, 0.1) is 13.8 Å². The Kier molecular flexibility index (Phi) is 6.10. The van der Waals surface area contributed by atoms with E-state index in [0.29, 0.717) is 6.54 Å². The molecule has 4 heteroatoms. The second kappa shape index (κ2) is 8.06. The smallest absolute Gasteiger partial charge is 0.122 e. The number of aryl methyl sites for hydroxylation is 2. The zero-order valence-electron chi connectivity index (χ0n) is 15.2. The Morgan fingerprint density at radius 2 is 1.54 bits per heavy atom. The normalized spacial score (nSPS) is 11.9. The molecule has 2 aromatic carbocycles. The van der Waals surface area contributed by atoms with E-state index in [1.54, 1.807) is 21.3 Å². The van der Waals surface area contributed by atoms with E-state index in [1.807, 2.05) is 18.2 Å². The van der Waals surface area contributed by atoms with Crippen LogP contribution < -0.4 is 19.9 Å². The van der Waals surface area contributed by atoms with Crippen molar-refractivity contribution in [2.45, 2.75) is 26.2 Å². The molecular weight excluding hydrogens is 302 g/mol. The van der Waals surface area contributed by atoms with Crippen molar-refractivity contribution >= 4 is 0 Å². The lowest BCUT2D eigenvalue weighted by Crippen LogP contribution is -2.17. The van der Waals surface area contributed by atoms with Crippen LogP contribution in [0.4, 0.5) is 0 Å². The van der Waals surface area contributed by atoms with Crippen LogP contribution in [-0.4, -0.2) is 27.9 Å². The van der Waals surface area contributed by atoms with Gasteiger partial charge in [0.1, 0.15) is 17.2 Å². The maximum absolute atomic E-state index is 6.10. The van der Waals surface area contributed by atoms with Gasteiger partial charge in [-0.3, -0.25) is 0 Å². The highest BCUT2D eigenvalue weighted by atomic mass is 16.5. The standard InChI is InChI=1S/C20H27NO3/c1-13-8-18(20(24-5)9-14(13)2)16(12-21)10-15-11-17(22-3)6-7-19(15)23-4/h6-9,11,16H,10,12,21H2,1-5H3. The van der Waals surface area contributed by atoms with Gasteiger partial charge in [0.2, 0.25) is 0 Å². The Labute approximate surface area is 144 Å². The molecule has 0 fully saturated rings. The van der Waals surface area contributed by atoms with E-state index in [1.165, 1.54) is 11.1 Å². The molecule has 0 aliphatic carbocycles. The van der Waals surface area contributed by atoms with Crippen LogP contribution in [0.25, 0.3) is 0 Å². The molecule has 4 nitrogen and oxygen atoms in total. The molecule has 0 heterocycles. The van der Waals surface area contributed by atoms with Gasteiger partial charge in [0.05, 0.1) is 21.3 Å². The van der Waals surface area contributed by atoms with Crippen LogP contribution in [0.2, 0.25) is 0 Å². The SMILES string of the molecule is COc1ccc(OC)c(CC(CN)c2cc(C)c(C)cc2OC)c1. The molecule has 0 aliphatic heterocycles. The van der Waals surface area contributed by atoms with Gasteiger partial charge < -0.3 is 19.9 Å². The highest BCUT2D eigenvalue weighted by molar-refractivity contribution is 5.46. The largest absolute Gasteiger partial charge is 0.497 e. The van der Waals surface area contributed by atoms with Crippen molar-refractivity contribution in [3.8, 4) is 17.2 Å². The fourth-order valence-corrected chi connectivity index (χ4v) is 2.93. The Hall–Kier alpha value is -2.20. The maximum Gasteiger partial charge on any atom is 0.122 e. The number of ether oxygens (including phenoxy) is 3. The van der Waals surface area contributed by atoms with Crippen LogP contribution in [0.3, 0.4) is 0 Å². The van der Waals surface area contributed by atoms with Gasteiger partial charge in [-0.1, -0.05) is 6.07 Å². The Bertz CT molecular complexity index is 698. The van der Waals surface area contributed by atoms with Crippen LogP contribution in [0.5, 0.6) is 17.2 Å². The lowest BCUT2D eigenvalue weighted by atomic mass is 9.89. The molecule has 0 aromatic heterocycles. The first-order chi connectivity index (χ1) is 11.5. The summed E-state index contributed by atoms with van der Waals surface area (Å²) in [6.45, 7) is 4.72. The number of hydrogen-bond donors (Lipinski definition) is 1. The average Bonchev–Trinajstić information content (AvgIpc) is 2.61. The van der Waals surface area contributed by atoms with Gasteiger partial charge in [0.15, 0.2) is 0 Å². The van der Waals surface area contributed by atoms with Gasteiger partial charge >= 0.3 is 0 Å². The lowest BCUT2D eigenvalue weighted by molar-refractivity contribution is 0.394. The fraction of sp³-hybridized carbons (Fsp3) is 0.400. The van der Waals surface area contributed by atoms with E-state index in [9.17, 15) is 0 Å². The molecule has 1 atom stereocenters. The van der Waals surface area contributed by atoms with Crippen molar-refractivity contribution in [1.29, 1.82) is 0 Å². The molecule has 0 aliphatic rings. The van der Waals surface area contributed by atoms with E-state index < -0.39 is 0 Å². The Balaban J connectivity index is 2.42. The number of benzene rings is 2. The van der Waals surface area contributed by atoms with Crippen molar-refractivity contribution in [3.63, 3.8) is 0 Å². The predicted molar refractivity (Wildman–Crippen MR) is 97.5 cm³/mol. The van der Waals surface area contributed by atoms with Gasteiger partial charge in [-0.25, -0.2) is 0 Å². The summed E-state index contributed by atoms with van der Waals surface area (Å²) in [5.41, 5.74) is 10.8. The van der Waals surface area contributed by atoms with Crippen molar-refractivity contribution < 1.29 is 14.2 Å². The van der Waals surface area contributed by atoms with Crippen LogP contribution in [0.15, 0.2) is 30.3 Å². The van der Waals surface area contributed by atoms with E-state index in [4.69, 9.17) is 19.9 Å². The summed E-state index contributed by atoms with van der Waals surface area (Å²) >= 11 is 0. The van der Waals surface area contributed by atoms with Crippen molar-refractivity contribution in [1.82, 2.24) is 0 Å². The van der Waals surface area contributed by atoms with E-state index in [-0.39, 0.29) is 5.92 Å². The summed E-state index contributed by atoms with van der Waals surface area (Å²) in [4.78, 5) is 0.